The van der Waals surface area contributed by atoms with Gasteiger partial charge >= 0.3 is 0 Å². The molecule has 6 nitrogen and oxygen atoms in total. The lowest BCUT2D eigenvalue weighted by atomic mass is 10.2. The molecule has 0 aliphatic rings. The van der Waals surface area contributed by atoms with Gasteiger partial charge in [-0.2, -0.15) is 10.1 Å². The van der Waals surface area contributed by atoms with Crippen molar-refractivity contribution in [2.24, 2.45) is 0 Å². The molecule has 0 saturated heterocycles. The van der Waals surface area contributed by atoms with E-state index in [0.717, 1.165) is 11.3 Å². The van der Waals surface area contributed by atoms with Crippen molar-refractivity contribution in [1.29, 1.82) is 0 Å². The Kier molecular flexibility index (Phi) is 3.70. The number of ether oxygens (including phenoxy) is 1. The lowest BCUT2D eigenvalue weighted by Crippen LogP contribution is -2.08. The number of benzene rings is 1. The molecule has 0 aliphatic carbocycles. The SMILES string of the molecule is COc1cccc(/C=C\C(=O)Nc2ncn[nH]2)c1. The van der Waals surface area contributed by atoms with Gasteiger partial charge in [-0.05, 0) is 23.8 Å². The number of carbonyl (C=O) groups excluding carboxylic acids is 1. The van der Waals surface area contributed by atoms with Crippen LogP contribution in [0.2, 0.25) is 0 Å². The quantitative estimate of drug-likeness (QED) is 0.798. The minimum atomic E-state index is -0.283. The first kappa shape index (κ1) is 11.8. The van der Waals surface area contributed by atoms with E-state index in [0.29, 0.717) is 5.95 Å². The Balaban J connectivity index is 1.99. The largest absolute Gasteiger partial charge is 0.497 e. The lowest BCUT2D eigenvalue weighted by Gasteiger charge is -2.00. The third-order valence-electron chi connectivity index (χ3n) is 2.18. The summed E-state index contributed by atoms with van der Waals surface area (Å²) in [5.74, 6) is 0.776. The van der Waals surface area contributed by atoms with Crippen LogP contribution in [0.25, 0.3) is 6.08 Å². The Morgan fingerprint density at radius 2 is 2.39 bits per heavy atom. The van der Waals surface area contributed by atoms with Crippen LogP contribution in [0.1, 0.15) is 5.56 Å². The third-order valence-corrected chi connectivity index (χ3v) is 2.18. The van der Waals surface area contributed by atoms with Crippen molar-refractivity contribution in [3.8, 4) is 5.75 Å². The van der Waals surface area contributed by atoms with Crippen LogP contribution >= 0.6 is 0 Å². The molecule has 1 aromatic carbocycles. The third kappa shape index (κ3) is 3.18. The molecule has 0 radical (unpaired) electrons. The number of methoxy groups -OCH3 is 1. The first-order valence-electron chi connectivity index (χ1n) is 5.26. The molecule has 0 fully saturated rings. The van der Waals surface area contributed by atoms with E-state index in [4.69, 9.17) is 4.74 Å². The second-order valence-electron chi connectivity index (χ2n) is 3.43. The zero-order valence-corrected chi connectivity index (χ0v) is 9.75. The molecule has 0 saturated carbocycles. The lowest BCUT2D eigenvalue weighted by molar-refractivity contribution is -0.111. The summed E-state index contributed by atoms with van der Waals surface area (Å²) in [7, 11) is 1.60. The molecule has 0 spiro atoms. The molecule has 2 rings (SSSR count). The van der Waals surface area contributed by atoms with E-state index >= 15 is 0 Å². The van der Waals surface area contributed by atoms with Gasteiger partial charge < -0.3 is 4.74 Å². The van der Waals surface area contributed by atoms with Gasteiger partial charge in [-0.3, -0.25) is 10.1 Å². The fourth-order valence-electron chi connectivity index (χ4n) is 1.34. The predicted octanol–water partition coefficient (Wildman–Crippen LogP) is 1.47. The monoisotopic (exact) mass is 244 g/mol. The van der Waals surface area contributed by atoms with Gasteiger partial charge in [0.15, 0.2) is 0 Å². The minimum absolute atomic E-state index is 0.283. The van der Waals surface area contributed by atoms with Crippen molar-refractivity contribution in [3.63, 3.8) is 0 Å². The standard InChI is InChI=1S/C12H12N4O2/c1-18-10-4-2-3-9(7-10)5-6-11(17)15-12-13-8-14-16-12/h2-8H,1H3,(H2,13,14,15,16,17)/b6-5-. The van der Waals surface area contributed by atoms with Crippen molar-refractivity contribution in [3.05, 3.63) is 42.2 Å². The highest BCUT2D eigenvalue weighted by Gasteiger charge is 1.99. The van der Waals surface area contributed by atoms with Crippen LogP contribution in [-0.4, -0.2) is 28.2 Å². The van der Waals surface area contributed by atoms with Gasteiger partial charge in [0.05, 0.1) is 7.11 Å². The second-order valence-corrected chi connectivity index (χ2v) is 3.43. The smallest absolute Gasteiger partial charge is 0.250 e. The number of H-pyrrole nitrogens is 1. The van der Waals surface area contributed by atoms with Crippen LogP contribution in [0.4, 0.5) is 5.95 Å². The average molecular weight is 244 g/mol. The van der Waals surface area contributed by atoms with E-state index < -0.39 is 0 Å². The summed E-state index contributed by atoms with van der Waals surface area (Å²) in [6.45, 7) is 0. The highest BCUT2D eigenvalue weighted by Crippen LogP contribution is 2.13. The molecule has 6 heteroatoms. The Labute approximate surface area is 104 Å². The van der Waals surface area contributed by atoms with Gasteiger partial charge in [0.1, 0.15) is 12.1 Å². The molecule has 92 valence electrons. The van der Waals surface area contributed by atoms with Gasteiger partial charge in [-0.1, -0.05) is 12.1 Å². The molecule has 0 bridgehead atoms. The summed E-state index contributed by atoms with van der Waals surface area (Å²) in [4.78, 5) is 15.3. The number of nitrogens with one attached hydrogen (secondary N) is 2. The predicted molar refractivity (Wildman–Crippen MR) is 67.0 cm³/mol. The topological polar surface area (TPSA) is 79.9 Å². The summed E-state index contributed by atoms with van der Waals surface area (Å²) in [5.41, 5.74) is 0.877. The molecule has 0 atom stereocenters. The van der Waals surface area contributed by atoms with Crippen molar-refractivity contribution in [2.75, 3.05) is 12.4 Å². The molecule has 18 heavy (non-hydrogen) atoms. The van der Waals surface area contributed by atoms with Gasteiger partial charge in [-0.15, -0.1) is 0 Å². The molecular formula is C12H12N4O2. The normalized spacial score (nSPS) is 10.5. The van der Waals surface area contributed by atoms with Crippen LogP contribution in [-0.2, 0) is 4.79 Å². The van der Waals surface area contributed by atoms with Gasteiger partial charge in [0.2, 0.25) is 5.95 Å². The van der Waals surface area contributed by atoms with Crippen LogP contribution < -0.4 is 10.1 Å². The first-order valence-corrected chi connectivity index (χ1v) is 5.26. The van der Waals surface area contributed by atoms with Crippen molar-refractivity contribution in [2.45, 2.75) is 0 Å². The maximum absolute atomic E-state index is 11.5. The molecule has 1 amide bonds. The number of amides is 1. The molecular weight excluding hydrogens is 232 g/mol. The minimum Gasteiger partial charge on any atom is -0.497 e. The van der Waals surface area contributed by atoms with Gasteiger partial charge in [-0.25, -0.2) is 5.10 Å². The Bertz CT molecular complexity index is 549. The maximum atomic E-state index is 11.5. The molecule has 1 aromatic heterocycles. The number of rotatable bonds is 4. The van der Waals surface area contributed by atoms with Crippen LogP contribution in [0, 0.1) is 0 Å². The van der Waals surface area contributed by atoms with Gasteiger partial charge in [0, 0.05) is 6.08 Å². The molecule has 0 aliphatic heterocycles. The highest BCUT2D eigenvalue weighted by molar-refractivity contribution is 6.00. The van der Waals surface area contributed by atoms with E-state index in [-0.39, 0.29) is 5.91 Å². The fourth-order valence-corrected chi connectivity index (χ4v) is 1.34. The summed E-state index contributed by atoms with van der Waals surface area (Å²) < 4.78 is 5.09. The summed E-state index contributed by atoms with van der Waals surface area (Å²) in [6.07, 6.45) is 4.42. The number of aromatic amines is 1. The summed E-state index contributed by atoms with van der Waals surface area (Å²) in [5, 5.41) is 8.70. The average Bonchev–Trinajstić information content (AvgIpc) is 2.89. The Morgan fingerprint density at radius 3 is 3.11 bits per heavy atom. The molecule has 1 heterocycles. The molecule has 2 aromatic rings. The summed E-state index contributed by atoms with van der Waals surface area (Å²) >= 11 is 0. The number of carbonyl (C=O) groups is 1. The zero-order chi connectivity index (χ0) is 12.8. The van der Waals surface area contributed by atoms with E-state index in [1.165, 1.54) is 12.4 Å². The fraction of sp³-hybridized carbons (Fsp3) is 0.0833. The Hall–Kier alpha value is -2.63. The van der Waals surface area contributed by atoms with Crippen molar-refractivity contribution in [1.82, 2.24) is 15.2 Å². The summed E-state index contributed by atoms with van der Waals surface area (Å²) in [6, 6.07) is 7.40. The first-order chi connectivity index (χ1) is 8.78. The van der Waals surface area contributed by atoms with Crippen LogP contribution in [0.5, 0.6) is 5.75 Å². The number of aromatic nitrogens is 3. The van der Waals surface area contributed by atoms with E-state index in [9.17, 15) is 4.79 Å². The second kappa shape index (κ2) is 5.62. The zero-order valence-electron chi connectivity index (χ0n) is 9.75. The maximum Gasteiger partial charge on any atom is 0.250 e. The van der Waals surface area contributed by atoms with Crippen LogP contribution in [0.15, 0.2) is 36.7 Å². The van der Waals surface area contributed by atoms with E-state index in [1.54, 1.807) is 13.2 Å². The molecule has 2 N–H and O–H groups in total. The number of nitrogens with zero attached hydrogens (tertiary/aromatic N) is 2. The van der Waals surface area contributed by atoms with E-state index in [1.807, 2.05) is 24.3 Å². The van der Waals surface area contributed by atoms with Gasteiger partial charge in [0.25, 0.3) is 5.91 Å². The highest BCUT2D eigenvalue weighted by atomic mass is 16.5. The number of hydrogen-bond acceptors (Lipinski definition) is 4. The van der Waals surface area contributed by atoms with Crippen molar-refractivity contribution < 1.29 is 9.53 Å². The number of hydrogen-bond donors (Lipinski definition) is 2. The number of anilines is 1. The molecule has 0 unspecified atom stereocenters. The van der Waals surface area contributed by atoms with Crippen molar-refractivity contribution >= 4 is 17.9 Å². The van der Waals surface area contributed by atoms with Crippen LogP contribution in [0.3, 0.4) is 0 Å². The van der Waals surface area contributed by atoms with E-state index in [2.05, 4.69) is 20.5 Å². The Morgan fingerprint density at radius 1 is 1.50 bits per heavy atom.